The van der Waals surface area contributed by atoms with Gasteiger partial charge in [0.1, 0.15) is 49.0 Å². The zero-order chi connectivity index (χ0) is 46.6. The molecule has 0 saturated heterocycles. The van der Waals surface area contributed by atoms with Gasteiger partial charge in [-0.25, -0.2) is 18.7 Å². The van der Waals surface area contributed by atoms with Gasteiger partial charge < -0.3 is 18.9 Å². The first-order valence-electron chi connectivity index (χ1n) is 21.5. The fourth-order valence-corrected chi connectivity index (χ4v) is 5.67. The minimum Gasteiger partial charge on any atom is -0.374 e. The fraction of sp³-hybridized carbons (Fsp3) is 0.721. The number of carbonyl (C=O) groups excluding carboxylic acids is 4. The molecule has 4 heterocycles. The monoisotopic (exact) mass is 881 g/mol. The third kappa shape index (κ3) is 16.0. The molecule has 0 aliphatic carbocycles. The van der Waals surface area contributed by atoms with Crippen LogP contribution < -0.4 is 0 Å². The van der Waals surface area contributed by atoms with Gasteiger partial charge in [-0.15, -0.1) is 20.4 Å². The first-order valence-corrected chi connectivity index (χ1v) is 21.5. The van der Waals surface area contributed by atoms with Crippen molar-refractivity contribution in [3.05, 3.63) is 47.6 Å². The highest BCUT2D eigenvalue weighted by Crippen LogP contribution is 2.25. The fourth-order valence-electron chi connectivity index (χ4n) is 5.67. The van der Waals surface area contributed by atoms with Gasteiger partial charge in [-0.2, -0.15) is 0 Å². The Labute approximate surface area is 370 Å². The van der Waals surface area contributed by atoms with Crippen molar-refractivity contribution in [1.82, 2.24) is 60.0 Å². The van der Waals surface area contributed by atoms with Crippen molar-refractivity contribution in [2.24, 2.45) is 33.5 Å². The van der Waals surface area contributed by atoms with Gasteiger partial charge in [-0.05, 0) is 12.3 Å². The zero-order valence-electron chi connectivity index (χ0n) is 39.3. The third-order valence-electron chi connectivity index (χ3n) is 11.0. The van der Waals surface area contributed by atoms with Crippen molar-refractivity contribution in [3.8, 4) is 0 Å². The summed E-state index contributed by atoms with van der Waals surface area (Å²) < 4.78 is 31.2. The second kappa shape index (κ2) is 22.1. The average molecular weight is 881 g/mol. The molecule has 0 radical (unpaired) electrons. The van der Waals surface area contributed by atoms with E-state index in [1.54, 1.807) is 24.8 Å². The molecule has 4 aromatic heterocycles. The van der Waals surface area contributed by atoms with E-state index in [-0.39, 0.29) is 114 Å². The van der Waals surface area contributed by atoms with Gasteiger partial charge in [0.05, 0.1) is 83.1 Å². The lowest BCUT2D eigenvalue weighted by Gasteiger charge is -2.32. The van der Waals surface area contributed by atoms with Crippen LogP contribution in [0.5, 0.6) is 0 Å². The summed E-state index contributed by atoms with van der Waals surface area (Å²) in [7, 11) is 0. The minimum atomic E-state index is -0.952. The predicted molar refractivity (Wildman–Crippen MR) is 228 cm³/mol. The summed E-state index contributed by atoms with van der Waals surface area (Å²) in [4.78, 5) is 50.9. The van der Waals surface area contributed by atoms with E-state index in [1.165, 1.54) is 18.7 Å². The maximum atomic E-state index is 12.9. The Morgan fingerprint density at radius 2 is 0.810 bits per heavy atom. The van der Waals surface area contributed by atoms with E-state index in [1.807, 2.05) is 83.1 Å². The van der Waals surface area contributed by atoms with Crippen molar-refractivity contribution in [2.45, 2.75) is 142 Å². The lowest BCUT2D eigenvalue weighted by molar-refractivity contribution is -0.128. The summed E-state index contributed by atoms with van der Waals surface area (Å²) in [5.74, 6) is 0.212. The molecule has 20 heteroatoms. The number of ketones is 4. The SMILES string of the molecule is CCC(C)(C)C(=O)Cn1cc(COCC(COCc2cn(CC(=O)C(C)C(C)C)nn2)(COCc2cn(CC(=O)C(C)(C)C)nn2)COCc2cn(CC(=O)C(C)(C)C)nn2)nn1. The number of carbonyl (C=O) groups is 4. The lowest BCUT2D eigenvalue weighted by Crippen LogP contribution is -2.41. The van der Waals surface area contributed by atoms with Crippen molar-refractivity contribution < 1.29 is 38.1 Å². The molecule has 348 valence electrons. The van der Waals surface area contributed by atoms with Gasteiger partial charge in [-0.1, -0.05) is 104 Å². The molecular formula is C43H68N12O8. The van der Waals surface area contributed by atoms with Crippen LogP contribution in [0.4, 0.5) is 0 Å². The molecule has 1 atom stereocenters. The molecule has 0 saturated carbocycles. The number of nitrogens with zero attached hydrogens (tertiary/aromatic N) is 12. The second-order valence-electron chi connectivity index (χ2n) is 19.6. The Morgan fingerprint density at radius 1 is 0.508 bits per heavy atom. The molecule has 0 amide bonds. The standard InChI is InChI=1S/C43H68N12O8/c1-13-42(11,12)39(59)21-55-17-35(47-51-55)25-63-29-43(27-61-23-33-15-53(49-45-33)19-37(57)40(5,6)7,28-62-24-34-16-54(50-46-34)20-38(58)41(8,9)10)26-60-22-32-14-52(48-44-32)18-36(56)31(4)30(2)3/h14-17,30-31H,13,18-29H2,1-12H3. The number of hydrogen-bond acceptors (Lipinski definition) is 16. The normalized spacial score (nSPS) is 13.2. The van der Waals surface area contributed by atoms with Crippen LogP contribution in [0.1, 0.15) is 112 Å². The molecule has 1 unspecified atom stereocenters. The number of aromatic nitrogens is 12. The Morgan fingerprint density at radius 3 is 1.10 bits per heavy atom. The van der Waals surface area contributed by atoms with Crippen LogP contribution in [0.15, 0.2) is 24.8 Å². The van der Waals surface area contributed by atoms with Gasteiger partial charge in [0.2, 0.25) is 0 Å². The lowest BCUT2D eigenvalue weighted by atomic mass is 9.85. The maximum absolute atomic E-state index is 12.9. The van der Waals surface area contributed by atoms with E-state index in [9.17, 15) is 19.2 Å². The van der Waals surface area contributed by atoms with E-state index in [0.717, 1.165) is 0 Å². The Bertz CT molecular complexity index is 2030. The molecule has 0 fully saturated rings. The van der Waals surface area contributed by atoms with Crippen LogP contribution in [0.2, 0.25) is 0 Å². The molecular weight excluding hydrogens is 813 g/mol. The van der Waals surface area contributed by atoms with E-state index in [0.29, 0.717) is 29.2 Å². The van der Waals surface area contributed by atoms with Crippen LogP contribution in [-0.2, 0) is 90.7 Å². The van der Waals surface area contributed by atoms with E-state index in [2.05, 4.69) is 41.2 Å². The molecule has 0 aromatic carbocycles. The summed E-state index contributed by atoms with van der Waals surface area (Å²) >= 11 is 0. The van der Waals surface area contributed by atoms with Gasteiger partial charge in [0.15, 0.2) is 23.1 Å². The van der Waals surface area contributed by atoms with Crippen molar-refractivity contribution in [1.29, 1.82) is 0 Å². The number of rotatable bonds is 28. The van der Waals surface area contributed by atoms with E-state index < -0.39 is 21.7 Å². The van der Waals surface area contributed by atoms with Crippen LogP contribution in [-0.4, -0.2) is 110 Å². The quantitative estimate of drug-likeness (QED) is 0.0774. The minimum absolute atomic E-state index is 0.0133. The Kier molecular flexibility index (Phi) is 17.8. The first kappa shape index (κ1) is 50.7. The zero-order valence-corrected chi connectivity index (χ0v) is 39.3. The molecule has 4 rings (SSSR count). The largest absolute Gasteiger partial charge is 0.374 e. The van der Waals surface area contributed by atoms with Crippen molar-refractivity contribution in [3.63, 3.8) is 0 Å². The average Bonchev–Trinajstić information content (AvgIpc) is 4.03. The highest BCUT2D eigenvalue weighted by atomic mass is 16.5. The second-order valence-corrected chi connectivity index (χ2v) is 19.6. The summed E-state index contributed by atoms with van der Waals surface area (Å²) in [5.41, 5.74) is -0.421. The number of ether oxygens (including phenoxy) is 4. The smallest absolute Gasteiger partial charge is 0.159 e. The van der Waals surface area contributed by atoms with Gasteiger partial charge in [0, 0.05) is 22.2 Å². The summed E-state index contributed by atoms with van der Waals surface area (Å²) in [6, 6.07) is 0. The van der Waals surface area contributed by atoms with Crippen LogP contribution in [0.3, 0.4) is 0 Å². The van der Waals surface area contributed by atoms with Gasteiger partial charge in [-0.3, -0.25) is 19.2 Å². The maximum Gasteiger partial charge on any atom is 0.159 e. The Balaban J connectivity index is 1.53. The topological polar surface area (TPSA) is 228 Å². The van der Waals surface area contributed by atoms with Gasteiger partial charge >= 0.3 is 0 Å². The molecule has 4 aromatic rings. The molecule has 20 nitrogen and oxygen atoms in total. The van der Waals surface area contributed by atoms with Crippen LogP contribution in [0.25, 0.3) is 0 Å². The summed E-state index contributed by atoms with van der Waals surface area (Å²) in [5, 5.41) is 33.5. The molecule has 0 spiro atoms. The van der Waals surface area contributed by atoms with Crippen LogP contribution in [0, 0.1) is 33.5 Å². The highest BCUT2D eigenvalue weighted by molar-refractivity contribution is 5.84. The van der Waals surface area contributed by atoms with E-state index in [4.69, 9.17) is 18.9 Å². The van der Waals surface area contributed by atoms with Crippen molar-refractivity contribution >= 4 is 23.1 Å². The summed E-state index contributed by atoms with van der Waals surface area (Å²) in [6.07, 6.45) is 7.42. The Hall–Kier alpha value is -4.92. The summed E-state index contributed by atoms with van der Waals surface area (Å²) in [6.45, 7) is 23.7. The molecule has 63 heavy (non-hydrogen) atoms. The number of Topliss-reactive ketones (excluding diaryl/α,β-unsaturated/α-hetero) is 4. The van der Waals surface area contributed by atoms with E-state index >= 15 is 0 Å². The number of hydrogen-bond donors (Lipinski definition) is 0. The van der Waals surface area contributed by atoms with Crippen LogP contribution >= 0.6 is 0 Å². The van der Waals surface area contributed by atoms with Gasteiger partial charge in [0.25, 0.3) is 0 Å². The molecule has 0 aliphatic rings. The van der Waals surface area contributed by atoms with Crippen molar-refractivity contribution in [2.75, 3.05) is 26.4 Å². The predicted octanol–water partition coefficient (Wildman–Crippen LogP) is 4.30. The molecule has 0 bridgehead atoms. The third-order valence-corrected chi connectivity index (χ3v) is 11.0. The molecule has 0 N–H and O–H groups in total. The molecule has 0 aliphatic heterocycles. The first-order chi connectivity index (χ1) is 29.5. The highest BCUT2D eigenvalue weighted by Gasteiger charge is 2.34.